The number of rotatable bonds is 2. The van der Waals surface area contributed by atoms with Crippen LogP contribution in [-0.4, -0.2) is 16.1 Å². The summed E-state index contributed by atoms with van der Waals surface area (Å²) in [6.45, 7) is 0. The van der Waals surface area contributed by atoms with Crippen molar-refractivity contribution in [1.82, 2.24) is 9.78 Å². The molecule has 0 spiro atoms. The zero-order valence-corrected chi connectivity index (χ0v) is 9.08. The van der Waals surface area contributed by atoms with Crippen LogP contribution in [0.2, 0.25) is 0 Å². The second-order valence-electron chi connectivity index (χ2n) is 3.83. The predicted molar refractivity (Wildman–Crippen MR) is 66.5 cm³/mol. The Labute approximate surface area is 98.3 Å². The van der Waals surface area contributed by atoms with Crippen LogP contribution in [0.4, 0.5) is 0 Å². The van der Waals surface area contributed by atoms with E-state index in [1.807, 2.05) is 47.1 Å². The molecule has 0 radical (unpaired) electrons. The molecule has 0 atom stereocenters. The van der Waals surface area contributed by atoms with Gasteiger partial charge in [0.25, 0.3) is 0 Å². The maximum absolute atomic E-state index is 10.8. The fraction of sp³-hybridized carbons (Fsp3) is 0. The zero-order valence-electron chi connectivity index (χ0n) is 9.08. The van der Waals surface area contributed by atoms with E-state index in [4.69, 9.17) is 0 Å². The Morgan fingerprint density at radius 3 is 2.65 bits per heavy atom. The van der Waals surface area contributed by atoms with Crippen molar-refractivity contribution in [3.05, 3.63) is 60.3 Å². The number of aldehydes is 1. The van der Waals surface area contributed by atoms with Crippen LogP contribution in [-0.2, 0) is 0 Å². The highest BCUT2D eigenvalue weighted by molar-refractivity contribution is 5.87. The Morgan fingerprint density at radius 1 is 1.06 bits per heavy atom. The van der Waals surface area contributed by atoms with Gasteiger partial charge in [0.1, 0.15) is 6.29 Å². The van der Waals surface area contributed by atoms with Crippen molar-refractivity contribution >= 4 is 17.2 Å². The van der Waals surface area contributed by atoms with E-state index in [0.29, 0.717) is 5.56 Å². The number of nitrogens with zero attached hydrogens (tertiary/aromatic N) is 2. The molecule has 1 aromatic heterocycles. The summed E-state index contributed by atoms with van der Waals surface area (Å²) >= 11 is 0. The minimum atomic E-state index is 0.662. The van der Waals surface area contributed by atoms with E-state index in [1.165, 1.54) is 0 Å². The molecule has 3 heteroatoms. The summed E-state index contributed by atoms with van der Waals surface area (Å²) < 4.78 is 1.84. The molecule has 2 aromatic carbocycles. The zero-order chi connectivity index (χ0) is 11.7. The number of hydrogen-bond acceptors (Lipinski definition) is 2. The van der Waals surface area contributed by atoms with E-state index in [1.54, 1.807) is 12.3 Å². The van der Waals surface area contributed by atoms with Crippen LogP contribution in [0.5, 0.6) is 0 Å². The van der Waals surface area contributed by atoms with E-state index in [0.717, 1.165) is 22.9 Å². The second kappa shape index (κ2) is 3.87. The van der Waals surface area contributed by atoms with Gasteiger partial charge >= 0.3 is 0 Å². The molecule has 0 aliphatic carbocycles. The summed E-state index contributed by atoms with van der Waals surface area (Å²) in [6.07, 6.45) is 2.65. The van der Waals surface area contributed by atoms with Crippen LogP contribution in [0.25, 0.3) is 16.6 Å². The SMILES string of the molecule is O=Cc1ccc2cnn(-c3ccccc3)c2c1. The van der Waals surface area contributed by atoms with Gasteiger partial charge in [0, 0.05) is 10.9 Å². The summed E-state index contributed by atoms with van der Waals surface area (Å²) in [5.74, 6) is 0. The first-order chi connectivity index (χ1) is 8.38. The first-order valence-electron chi connectivity index (χ1n) is 5.37. The van der Waals surface area contributed by atoms with Crippen LogP contribution < -0.4 is 0 Å². The quantitative estimate of drug-likeness (QED) is 0.625. The third-order valence-corrected chi connectivity index (χ3v) is 2.73. The molecule has 0 bridgehead atoms. The van der Waals surface area contributed by atoms with Crippen LogP contribution in [0, 0.1) is 0 Å². The van der Waals surface area contributed by atoms with Crippen LogP contribution in [0.1, 0.15) is 10.4 Å². The van der Waals surface area contributed by atoms with Gasteiger partial charge in [0.2, 0.25) is 0 Å². The molecule has 0 unspecified atom stereocenters. The first-order valence-corrected chi connectivity index (χ1v) is 5.37. The predicted octanol–water partition coefficient (Wildman–Crippen LogP) is 2.84. The number of aromatic nitrogens is 2. The molecule has 0 saturated heterocycles. The highest BCUT2D eigenvalue weighted by Crippen LogP contribution is 2.18. The summed E-state index contributed by atoms with van der Waals surface area (Å²) in [6, 6.07) is 15.4. The highest BCUT2D eigenvalue weighted by atomic mass is 16.1. The molecule has 0 aliphatic heterocycles. The lowest BCUT2D eigenvalue weighted by molar-refractivity contribution is 0.112. The molecule has 0 aliphatic rings. The third kappa shape index (κ3) is 1.61. The maximum atomic E-state index is 10.8. The molecular formula is C14H10N2O. The molecular weight excluding hydrogens is 212 g/mol. The lowest BCUT2D eigenvalue weighted by Crippen LogP contribution is -1.95. The fourth-order valence-electron chi connectivity index (χ4n) is 1.88. The van der Waals surface area contributed by atoms with E-state index in [2.05, 4.69) is 5.10 Å². The van der Waals surface area contributed by atoms with Crippen molar-refractivity contribution < 1.29 is 4.79 Å². The maximum Gasteiger partial charge on any atom is 0.150 e. The minimum Gasteiger partial charge on any atom is -0.298 e. The molecule has 3 aromatic rings. The number of para-hydroxylation sites is 1. The molecule has 1 heterocycles. The normalized spacial score (nSPS) is 10.6. The third-order valence-electron chi connectivity index (χ3n) is 2.73. The van der Waals surface area contributed by atoms with Gasteiger partial charge in [0.15, 0.2) is 0 Å². The van der Waals surface area contributed by atoms with Gasteiger partial charge in [-0.2, -0.15) is 5.10 Å². The fourth-order valence-corrected chi connectivity index (χ4v) is 1.88. The lowest BCUT2D eigenvalue weighted by atomic mass is 10.2. The average Bonchev–Trinajstić information content (AvgIpc) is 2.82. The van der Waals surface area contributed by atoms with E-state index >= 15 is 0 Å². The van der Waals surface area contributed by atoms with Crippen molar-refractivity contribution in [2.75, 3.05) is 0 Å². The summed E-state index contributed by atoms with van der Waals surface area (Å²) in [7, 11) is 0. The van der Waals surface area contributed by atoms with Crippen molar-refractivity contribution in [1.29, 1.82) is 0 Å². The van der Waals surface area contributed by atoms with Gasteiger partial charge in [-0.3, -0.25) is 4.79 Å². The van der Waals surface area contributed by atoms with Gasteiger partial charge < -0.3 is 0 Å². The monoisotopic (exact) mass is 222 g/mol. The van der Waals surface area contributed by atoms with Gasteiger partial charge in [-0.15, -0.1) is 0 Å². The number of carbonyl (C=O) groups excluding carboxylic acids is 1. The van der Waals surface area contributed by atoms with Crippen LogP contribution in [0.15, 0.2) is 54.7 Å². The molecule has 0 amide bonds. The summed E-state index contributed by atoms with van der Waals surface area (Å²) in [5.41, 5.74) is 2.60. The van der Waals surface area contributed by atoms with Crippen LogP contribution >= 0.6 is 0 Å². The Balaban J connectivity index is 2.27. The molecule has 3 rings (SSSR count). The minimum absolute atomic E-state index is 0.662. The smallest absolute Gasteiger partial charge is 0.150 e. The summed E-state index contributed by atoms with van der Waals surface area (Å²) in [4.78, 5) is 10.8. The van der Waals surface area contributed by atoms with Gasteiger partial charge in [0.05, 0.1) is 17.4 Å². The molecule has 0 N–H and O–H groups in total. The molecule has 3 nitrogen and oxygen atoms in total. The Bertz CT molecular complexity index is 671. The Hall–Kier alpha value is -2.42. The van der Waals surface area contributed by atoms with Crippen molar-refractivity contribution in [2.24, 2.45) is 0 Å². The molecule has 0 saturated carbocycles. The number of benzene rings is 2. The Kier molecular flexibility index (Phi) is 2.22. The Morgan fingerprint density at radius 2 is 1.88 bits per heavy atom. The second-order valence-corrected chi connectivity index (χ2v) is 3.83. The van der Waals surface area contributed by atoms with Crippen molar-refractivity contribution in [2.45, 2.75) is 0 Å². The lowest BCUT2D eigenvalue weighted by Gasteiger charge is -2.03. The van der Waals surface area contributed by atoms with Gasteiger partial charge in [-0.05, 0) is 18.2 Å². The van der Waals surface area contributed by atoms with Crippen LogP contribution in [0.3, 0.4) is 0 Å². The average molecular weight is 222 g/mol. The number of carbonyl (C=O) groups is 1. The van der Waals surface area contributed by atoms with Crippen molar-refractivity contribution in [3.8, 4) is 5.69 Å². The van der Waals surface area contributed by atoms with Gasteiger partial charge in [-0.25, -0.2) is 4.68 Å². The number of hydrogen-bond donors (Lipinski definition) is 0. The molecule has 17 heavy (non-hydrogen) atoms. The highest BCUT2D eigenvalue weighted by Gasteiger charge is 2.04. The largest absolute Gasteiger partial charge is 0.298 e. The number of fused-ring (bicyclic) bond motifs is 1. The van der Waals surface area contributed by atoms with E-state index in [-0.39, 0.29) is 0 Å². The van der Waals surface area contributed by atoms with Gasteiger partial charge in [-0.1, -0.05) is 30.3 Å². The first kappa shape index (κ1) is 9.78. The molecule has 0 fully saturated rings. The molecule has 82 valence electrons. The van der Waals surface area contributed by atoms with Crippen molar-refractivity contribution in [3.63, 3.8) is 0 Å². The van der Waals surface area contributed by atoms with E-state index in [9.17, 15) is 4.79 Å². The topological polar surface area (TPSA) is 34.9 Å². The van der Waals surface area contributed by atoms with E-state index < -0.39 is 0 Å². The summed E-state index contributed by atoms with van der Waals surface area (Å²) in [5, 5.41) is 5.37. The standard InChI is InChI=1S/C14H10N2O/c17-10-11-6-7-12-9-15-16(14(12)8-11)13-4-2-1-3-5-13/h1-10H.